The van der Waals surface area contributed by atoms with Gasteiger partial charge in [0.1, 0.15) is 11.6 Å². The standard InChI is InChI=1S/C56H58N8O6S/c1-33-38(40-22-24-48(58-51(40)55(68)69)64-30-27-35-10-5-13-41(44(35)32-64)53(66)60-56-57-45-15-3-4-17-47(45)71-56)11-7-16-46(33)70-37-20-18-34(19-21-37)9-8-28-63-29-26-36(31-63)39-12-6-14-42-50(61-62(2)52(39)42)43-23-25-49(65)59-54(43)67/h3-7,10-17,22,24,34,36-37,43H,8-9,18-21,23,25-32H2,1-2H3,(H,68,69)(H,57,60,66)(H,59,65,67). The van der Waals surface area contributed by atoms with Crippen LogP contribution < -0.4 is 20.3 Å². The average Bonchev–Trinajstić information content (AvgIpc) is 4.11. The van der Waals surface area contributed by atoms with E-state index in [1.165, 1.54) is 23.3 Å². The molecule has 2 unspecified atom stereocenters. The smallest absolute Gasteiger partial charge is 0.355 e. The Kier molecular flexibility index (Phi) is 12.9. The third-order valence-electron chi connectivity index (χ3n) is 15.4. The molecule has 3 aliphatic heterocycles. The van der Waals surface area contributed by atoms with Crippen LogP contribution in [0, 0.1) is 12.8 Å². The van der Waals surface area contributed by atoms with Crippen molar-refractivity contribution >= 4 is 67.1 Å². The number of amides is 3. The quantitative estimate of drug-likeness (QED) is 0.0940. The zero-order chi connectivity index (χ0) is 48.8. The van der Waals surface area contributed by atoms with E-state index in [-0.39, 0.29) is 29.5 Å². The van der Waals surface area contributed by atoms with Crippen LogP contribution in [0.2, 0.25) is 0 Å². The van der Waals surface area contributed by atoms with Crippen molar-refractivity contribution < 1.29 is 29.0 Å². The van der Waals surface area contributed by atoms with Crippen molar-refractivity contribution in [1.29, 1.82) is 0 Å². The van der Waals surface area contributed by atoms with E-state index >= 15 is 0 Å². The molecular formula is C56H58N8O6S. The number of aromatic nitrogens is 4. The van der Waals surface area contributed by atoms with E-state index in [9.17, 15) is 24.3 Å². The number of nitrogens with zero attached hydrogens (tertiary/aromatic N) is 6. The molecule has 4 aromatic carbocycles. The predicted molar refractivity (Wildman–Crippen MR) is 275 cm³/mol. The van der Waals surface area contributed by atoms with Gasteiger partial charge in [-0.05, 0) is 154 Å². The first-order valence-electron chi connectivity index (χ1n) is 25.1. The maximum Gasteiger partial charge on any atom is 0.355 e. The molecule has 4 aliphatic rings. The maximum absolute atomic E-state index is 13.7. The molecule has 1 aliphatic carbocycles. The number of carboxylic acids is 1. The highest BCUT2D eigenvalue weighted by Crippen LogP contribution is 2.39. The molecule has 71 heavy (non-hydrogen) atoms. The van der Waals surface area contributed by atoms with Gasteiger partial charge in [0.2, 0.25) is 11.8 Å². The van der Waals surface area contributed by atoms with Crippen LogP contribution >= 0.6 is 11.3 Å². The van der Waals surface area contributed by atoms with E-state index in [1.54, 1.807) is 0 Å². The molecule has 15 heteroatoms. The number of ether oxygens (including phenoxy) is 1. The number of benzene rings is 4. The first-order valence-corrected chi connectivity index (χ1v) is 25.9. The van der Waals surface area contributed by atoms with Crippen LogP contribution in [0.4, 0.5) is 10.9 Å². The summed E-state index contributed by atoms with van der Waals surface area (Å²) in [7, 11) is 1.96. The Hall–Kier alpha value is -6.97. The Labute approximate surface area is 416 Å². The molecule has 3 amide bonds. The average molecular weight is 971 g/mol. The first kappa shape index (κ1) is 46.4. The van der Waals surface area contributed by atoms with Gasteiger partial charge in [-0.25, -0.2) is 14.8 Å². The lowest BCUT2D eigenvalue weighted by Crippen LogP contribution is -2.39. The van der Waals surface area contributed by atoms with Crippen molar-refractivity contribution in [3.05, 3.63) is 130 Å². The van der Waals surface area contributed by atoms with Crippen molar-refractivity contribution in [3.63, 3.8) is 0 Å². The lowest BCUT2D eigenvalue weighted by Gasteiger charge is -2.31. The zero-order valence-electron chi connectivity index (χ0n) is 40.2. The number of carbonyl (C=O) groups is 4. The summed E-state index contributed by atoms with van der Waals surface area (Å²) in [6, 6.07) is 29.6. The highest BCUT2D eigenvalue weighted by molar-refractivity contribution is 7.22. The topological polar surface area (TPSA) is 172 Å². The van der Waals surface area contributed by atoms with Gasteiger partial charge in [-0.3, -0.25) is 29.7 Å². The Morgan fingerprint density at radius 1 is 0.873 bits per heavy atom. The fraction of sp³-hybridized carbons (Fsp3) is 0.375. The summed E-state index contributed by atoms with van der Waals surface area (Å²) in [5.41, 5.74) is 8.73. The van der Waals surface area contributed by atoms with Crippen LogP contribution in [0.1, 0.15) is 118 Å². The highest BCUT2D eigenvalue weighted by atomic mass is 32.1. The van der Waals surface area contributed by atoms with Gasteiger partial charge in [-0.15, -0.1) is 0 Å². The number of likely N-dealkylation sites (tertiary alicyclic amines) is 1. The summed E-state index contributed by atoms with van der Waals surface area (Å²) in [5.74, 6) is 0.181. The normalized spacial score (nSPS) is 20.6. The maximum atomic E-state index is 13.7. The van der Waals surface area contributed by atoms with Crippen molar-refractivity contribution in [3.8, 4) is 16.9 Å². The summed E-state index contributed by atoms with van der Waals surface area (Å²) in [6.45, 7) is 6.19. The fourth-order valence-electron chi connectivity index (χ4n) is 11.7. The van der Waals surface area contributed by atoms with Gasteiger partial charge in [0.25, 0.3) is 5.91 Å². The Bertz CT molecular complexity index is 3180. The zero-order valence-corrected chi connectivity index (χ0v) is 41.0. The molecule has 3 N–H and O–H groups in total. The van der Waals surface area contributed by atoms with E-state index in [2.05, 4.69) is 38.7 Å². The molecule has 2 saturated heterocycles. The number of anilines is 2. The van der Waals surface area contributed by atoms with E-state index in [1.807, 2.05) is 96.3 Å². The predicted octanol–water partition coefficient (Wildman–Crippen LogP) is 9.79. The first-order chi connectivity index (χ1) is 34.5. The summed E-state index contributed by atoms with van der Waals surface area (Å²) >= 11 is 1.44. The van der Waals surface area contributed by atoms with Gasteiger partial charge in [0.15, 0.2) is 10.8 Å². The van der Waals surface area contributed by atoms with Crippen LogP contribution in [-0.4, -0.2) is 85.7 Å². The minimum atomic E-state index is -1.10. The second-order valence-electron chi connectivity index (χ2n) is 19.8. The van der Waals surface area contributed by atoms with E-state index < -0.39 is 11.9 Å². The minimum absolute atomic E-state index is 0.0215. The van der Waals surface area contributed by atoms with Gasteiger partial charge in [-0.1, -0.05) is 65.9 Å². The van der Waals surface area contributed by atoms with Gasteiger partial charge in [-0.2, -0.15) is 5.10 Å². The molecule has 7 aromatic rings. The number of fused-ring (bicyclic) bond motifs is 3. The Morgan fingerprint density at radius 2 is 1.70 bits per heavy atom. The second-order valence-corrected chi connectivity index (χ2v) is 20.8. The van der Waals surface area contributed by atoms with E-state index in [4.69, 9.17) is 14.8 Å². The van der Waals surface area contributed by atoms with Gasteiger partial charge < -0.3 is 19.6 Å². The number of aryl methyl sites for hydroxylation is 1. The van der Waals surface area contributed by atoms with Gasteiger partial charge in [0, 0.05) is 49.6 Å². The van der Waals surface area contributed by atoms with Crippen molar-refractivity contribution in [2.75, 3.05) is 36.4 Å². The fourth-order valence-corrected chi connectivity index (χ4v) is 12.5. The minimum Gasteiger partial charge on any atom is -0.490 e. The number of piperidine rings is 1. The van der Waals surface area contributed by atoms with Crippen LogP contribution in [0.5, 0.6) is 5.75 Å². The number of aromatic carboxylic acids is 1. The van der Waals surface area contributed by atoms with Crippen molar-refractivity contribution in [2.45, 2.75) is 95.6 Å². The SMILES string of the molecule is Cc1c(OC2CCC(CCCN3CCC(c4cccc5c(C6CCC(=O)NC6=O)nn(C)c45)C3)CC2)cccc1-c1ccc(N2CCc3cccc(C(=O)Nc4nc5ccccc5s4)c3C2)nc1C(=O)O. The number of carbonyl (C=O) groups excluding carboxylic acids is 3. The molecule has 1 saturated carbocycles. The lowest BCUT2D eigenvalue weighted by molar-refractivity contribution is -0.134. The number of hydrogen-bond acceptors (Lipinski definition) is 11. The van der Waals surface area contributed by atoms with Crippen molar-refractivity contribution in [2.24, 2.45) is 13.0 Å². The summed E-state index contributed by atoms with van der Waals surface area (Å²) < 4.78 is 9.63. The van der Waals surface area contributed by atoms with Crippen LogP contribution in [0.15, 0.2) is 91.0 Å². The molecule has 14 nitrogen and oxygen atoms in total. The molecule has 6 heterocycles. The summed E-state index contributed by atoms with van der Waals surface area (Å²) in [5, 5.41) is 22.4. The Morgan fingerprint density at radius 3 is 2.54 bits per heavy atom. The molecule has 2 atom stereocenters. The van der Waals surface area contributed by atoms with Crippen molar-refractivity contribution in [1.82, 2.24) is 30.0 Å². The number of imide groups is 1. The molecule has 0 bridgehead atoms. The molecule has 0 spiro atoms. The molecule has 3 fully saturated rings. The van der Waals surface area contributed by atoms with Gasteiger partial charge >= 0.3 is 5.97 Å². The number of hydrogen-bond donors (Lipinski definition) is 3. The molecule has 0 radical (unpaired) electrons. The number of para-hydroxylation sites is 2. The lowest BCUT2D eigenvalue weighted by atomic mass is 9.84. The monoisotopic (exact) mass is 970 g/mol. The molecule has 3 aromatic heterocycles. The molecule has 364 valence electrons. The summed E-state index contributed by atoms with van der Waals surface area (Å²) in [4.78, 5) is 65.1. The Balaban J connectivity index is 0.686. The van der Waals surface area contributed by atoms with Crippen LogP contribution in [0.3, 0.4) is 0 Å². The number of rotatable bonds is 13. The second kappa shape index (κ2) is 19.7. The highest BCUT2D eigenvalue weighted by Gasteiger charge is 2.34. The van der Waals surface area contributed by atoms with E-state index in [0.717, 1.165) is 113 Å². The molecule has 11 rings (SSSR count). The van der Waals surface area contributed by atoms with Crippen LogP contribution in [0.25, 0.3) is 32.2 Å². The number of nitrogens with one attached hydrogen (secondary N) is 2. The summed E-state index contributed by atoms with van der Waals surface area (Å²) in [6.07, 6.45) is 9.26. The van der Waals surface area contributed by atoms with Crippen LogP contribution in [-0.2, 0) is 29.6 Å². The number of thiazole rings is 1. The number of pyridine rings is 1. The number of carboxylic acid groups (broad SMARTS) is 1. The third kappa shape index (κ3) is 9.40. The van der Waals surface area contributed by atoms with E-state index in [0.29, 0.717) is 66.3 Å². The third-order valence-corrected chi connectivity index (χ3v) is 16.3. The van der Waals surface area contributed by atoms with Gasteiger partial charge in [0.05, 0.1) is 33.4 Å². The largest absolute Gasteiger partial charge is 0.490 e. The molecular weight excluding hydrogens is 913 g/mol.